The van der Waals surface area contributed by atoms with Gasteiger partial charge in [-0.25, -0.2) is 19.9 Å². The van der Waals surface area contributed by atoms with E-state index in [9.17, 15) is 0 Å². The lowest BCUT2D eigenvalue weighted by Gasteiger charge is -2.08. The Kier molecular flexibility index (Phi) is 5.45. The lowest BCUT2D eigenvalue weighted by Crippen LogP contribution is -2.28. The highest BCUT2D eigenvalue weighted by molar-refractivity contribution is 7.99. The second kappa shape index (κ2) is 7.32. The van der Waals surface area contributed by atoms with Gasteiger partial charge in [0.1, 0.15) is 10.2 Å². The van der Waals surface area contributed by atoms with E-state index in [0.29, 0.717) is 32.9 Å². The molecule has 0 aliphatic carbocycles. The molecule has 0 fully saturated rings. The molecule has 2 N–H and O–H groups in total. The Balaban J connectivity index is 2.14. The maximum Gasteiger partial charge on any atom is 0.231 e. The van der Waals surface area contributed by atoms with Gasteiger partial charge in [-0.05, 0) is 37.0 Å². The van der Waals surface area contributed by atoms with Gasteiger partial charge in [-0.1, -0.05) is 11.6 Å². The highest BCUT2D eigenvalue weighted by atomic mass is 35.5. The highest BCUT2D eigenvalue weighted by Crippen LogP contribution is 2.24. The van der Waals surface area contributed by atoms with Gasteiger partial charge < -0.3 is 10.6 Å². The van der Waals surface area contributed by atoms with Gasteiger partial charge in [0.15, 0.2) is 10.3 Å². The molecule has 20 heavy (non-hydrogen) atoms. The minimum atomic E-state index is 0.320. The van der Waals surface area contributed by atoms with E-state index in [-0.39, 0.29) is 0 Å². The Morgan fingerprint density at radius 1 is 1.35 bits per heavy atom. The van der Waals surface area contributed by atoms with Gasteiger partial charge >= 0.3 is 0 Å². The van der Waals surface area contributed by atoms with Gasteiger partial charge in [-0.3, -0.25) is 0 Å². The Hall–Kier alpha value is -1.51. The van der Waals surface area contributed by atoms with Crippen LogP contribution in [0.5, 0.6) is 0 Å². The van der Waals surface area contributed by atoms with Crippen molar-refractivity contribution in [2.75, 3.05) is 11.9 Å². The van der Waals surface area contributed by atoms with E-state index in [2.05, 4.69) is 30.6 Å². The summed E-state index contributed by atoms with van der Waals surface area (Å²) in [5, 5.41) is 7.81. The maximum absolute atomic E-state index is 5.97. The second-order valence-electron chi connectivity index (χ2n) is 3.47. The van der Waals surface area contributed by atoms with Gasteiger partial charge in [0, 0.05) is 25.0 Å². The van der Waals surface area contributed by atoms with Crippen molar-refractivity contribution < 1.29 is 0 Å². The fourth-order valence-corrected chi connectivity index (χ4v) is 2.44. The van der Waals surface area contributed by atoms with Crippen LogP contribution in [0.2, 0.25) is 5.15 Å². The Bertz CT molecular complexity index is 595. The van der Waals surface area contributed by atoms with Crippen LogP contribution in [0.25, 0.3) is 0 Å². The van der Waals surface area contributed by atoms with Crippen LogP contribution in [-0.2, 0) is 0 Å². The average molecular weight is 327 g/mol. The molecule has 9 heteroatoms. The third-order valence-electron chi connectivity index (χ3n) is 1.97. The SMILES string of the molecule is CCNC(=S)Nc1nc(Cl)cc(Sc2ncccn2)n1. The highest BCUT2D eigenvalue weighted by Gasteiger charge is 2.07. The minimum absolute atomic E-state index is 0.320. The third-order valence-corrected chi connectivity index (χ3v) is 3.22. The van der Waals surface area contributed by atoms with Crippen LogP contribution in [-0.4, -0.2) is 31.6 Å². The Morgan fingerprint density at radius 2 is 2.10 bits per heavy atom. The molecule has 0 aliphatic heterocycles. The molecular weight excluding hydrogens is 316 g/mol. The number of aromatic nitrogens is 4. The zero-order chi connectivity index (χ0) is 14.4. The molecule has 104 valence electrons. The molecule has 2 aromatic heterocycles. The quantitative estimate of drug-likeness (QED) is 0.504. The third kappa shape index (κ3) is 4.55. The molecule has 0 unspecified atom stereocenters. The molecule has 2 heterocycles. The number of anilines is 1. The van der Waals surface area contributed by atoms with Crippen molar-refractivity contribution in [3.63, 3.8) is 0 Å². The molecule has 0 saturated carbocycles. The number of nitrogens with one attached hydrogen (secondary N) is 2. The van der Waals surface area contributed by atoms with E-state index in [0.717, 1.165) is 0 Å². The van der Waals surface area contributed by atoms with E-state index in [1.807, 2.05) is 6.92 Å². The molecule has 0 radical (unpaired) electrons. The van der Waals surface area contributed by atoms with Crippen molar-refractivity contribution in [1.82, 2.24) is 25.3 Å². The normalized spacial score (nSPS) is 10.1. The van der Waals surface area contributed by atoms with Crippen LogP contribution in [0.15, 0.2) is 34.7 Å². The summed E-state index contributed by atoms with van der Waals surface area (Å²) < 4.78 is 0. The molecular formula is C11H11ClN6S2. The number of hydrogen-bond acceptors (Lipinski definition) is 6. The summed E-state index contributed by atoms with van der Waals surface area (Å²) in [5.74, 6) is 0.335. The maximum atomic E-state index is 5.97. The molecule has 6 nitrogen and oxygen atoms in total. The van der Waals surface area contributed by atoms with E-state index < -0.39 is 0 Å². The van der Waals surface area contributed by atoms with E-state index in [1.165, 1.54) is 11.8 Å². The van der Waals surface area contributed by atoms with Crippen LogP contribution in [0.3, 0.4) is 0 Å². The van der Waals surface area contributed by atoms with Crippen LogP contribution in [0.4, 0.5) is 5.95 Å². The number of halogens is 1. The number of hydrogen-bond donors (Lipinski definition) is 2. The topological polar surface area (TPSA) is 75.6 Å². The predicted molar refractivity (Wildman–Crippen MR) is 83.1 cm³/mol. The Morgan fingerprint density at radius 3 is 2.80 bits per heavy atom. The molecule has 0 aliphatic rings. The van der Waals surface area contributed by atoms with Crippen molar-refractivity contribution in [3.8, 4) is 0 Å². The largest absolute Gasteiger partial charge is 0.363 e. The Labute approximate surface area is 130 Å². The summed E-state index contributed by atoms with van der Waals surface area (Å²) in [6.07, 6.45) is 3.33. The lowest BCUT2D eigenvalue weighted by molar-refractivity contribution is 0.953. The number of nitrogens with zero attached hydrogens (tertiary/aromatic N) is 4. The first kappa shape index (κ1) is 14.9. The molecule has 0 amide bonds. The lowest BCUT2D eigenvalue weighted by atomic mass is 10.6. The fraction of sp³-hybridized carbons (Fsp3) is 0.182. The molecule has 0 spiro atoms. The summed E-state index contributed by atoms with van der Waals surface area (Å²) >= 11 is 12.3. The molecule has 2 aromatic rings. The smallest absolute Gasteiger partial charge is 0.231 e. The van der Waals surface area contributed by atoms with Gasteiger partial charge in [0.25, 0.3) is 0 Å². The standard InChI is InChI=1S/C11H11ClN6S2/c1-2-13-10(19)18-9-16-7(12)6-8(17-9)20-11-14-4-3-5-15-11/h3-6H,2H2,1H3,(H2,13,16,17,18,19). The monoisotopic (exact) mass is 326 g/mol. The van der Waals surface area contributed by atoms with Crippen LogP contribution in [0, 0.1) is 0 Å². The van der Waals surface area contributed by atoms with Gasteiger partial charge in [0.2, 0.25) is 5.95 Å². The molecule has 2 rings (SSSR count). The zero-order valence-corrected chi connectivity index (χ0v) is 12.9. The summed E-state index contributed by atoms with van der Waals surface area (Å²) in [6, 6.07) is 3.39. The fourth-order valence-electron chi connectivity index (χ4n) is 1.24. The molecule has 0 aromatic carbocycles. The first-order chi connectivity index (χ1) is 9.67. The van der Waals surface area contributed by atoms with Crippen LogP contribution in [0.1, 0.15) is 6.92 Å². The van der Waals surface area contributed by atoms with E-state index >= 15 is 0 Å². The van der Waals surface area contributed by atoms with Crippen LogP contribution >= 0.6 is 35.6 Å². The van der Waals surface area contributed by atoms with Gasteiger partial charge in [0.05, 0.1) is 0 Å². The van der Waals surface area contributed by atoms with Gasteiger partial charge in [-0.15, -0.1) is 0 Å². The summed E-state index contributed by atoms with van der Waals surface area (Å²) in [4.78, 5) is 16.6. The van der Waals surface area contributed by atoms with Crippen molar-refractivity contribution in [2.45, 2.75) is 17.1 Å². The summed E-state index contributed by atoms with van der Waals surface area (Å²) in [5.41, 5.74) is 0. The summed E-state index contributed by atoms with van der Waals surface area (Å²) in [7, 11) is 0. The van der Waals surface area contributed by atoms with E-state index in [4.69, 9.17) is 23.8 Å². The van der Waals surface area contributed by atoms with Crippen molar-refractivity contribution in [2.24, 2.45) is 0 Å². The average Bonchev–Trinajstić information content (AvgIpc) is 2.39. The number of thiocarbonyl (C=S) groups is 1. The van der Waals surface area contributed by atoms with Crippen molar-refractivity contribution in [3.05, 3.63) is 29.7 Å². The van der Waals surface area contributed by atoms with Crippen LogP contribution < -0.4 is 10.6 Å². The molecule has 0 bridgehead atoms. The number of rotatable bonds is 4. The zero-order valence-electron chi connectivity index (χ0n) is 10.5. The first-order valence-corrected chi connectivity index (χ1v) is 7.32. The first-order valence-electron chi connectivity index (χ1n) is 5.71. The second-order valence-corrected chi connectivity index (χ2v) is 5.25. The predicted octanol–water partition coefficient (Wildman–Crippen LogP) is 2.38. The molecule has 0 atom stereocenters. The van der Waals surface area contributed by atoms with Crippen molar-refractivity contribution in [1.29, 1.82) is 0 Å². The summed E-state index contributed by atoms with van der Waals surface area (Å²) in [6.45, 7) is 2.66. The van der Waals surface area contributed by atoms with Gasteiger partial charge in [-0.2, -0.15) is 0 Å². The minimum Gasteiger partial charge on any atom is -0.363 e. The van der Waals surface area contributed by atoms with E-state index in [1.54, 1.807) is 24.5 Å². The van der Waals surface area contributed by atoms with Crippen molar-refractivity contribution >= 4 is 46.6 Å². The molecule has 0 saturated heterocycles.